The molecule has 0 saturated heterocycles. The fraction of sp³-hybridized carbons (Fsp3) is 0.562. The highest BCUT2D eigenvalue weighted by atomic mass is 35.5. The highest BCUT2D eigenvalue weighted by Crippen LogP contribution is 2.29. The van der Waals surface area contributed by atoms with Gasteiger partial charge in [-0.15, -0.1) is 11.6 Å². The van der Waals surface area contributed by atoms with E-state index in [1.54, 1.807) is 0 Å². The molecule has 1 amide bonds. The van der Waals surface area contributed by atoms with Gasteiger partial charge in [0, 0.05) is 25.1 Å². The molecule has 20 heavy (non-hydrogen) atoms. The zero-order chi connectivity index (χ0) is 14.1. The van der Waals surface area contributed by atoms with Crippen LogP contribution in [0.3, 0.4) is 0 Å². The summed E-state index contributed by atoms with van der Waals surface area (Å²) in [5.41, 5.74) is 1.88. The molecule has 3 nitrogen and oxygen atoms in total. The number of carbonyl (C=O) groups excluding carboxylic acids is 1. The van der Waals surface area contributed by atoms with Crippen molar-refractivity contribution in [3.8, 4) is 5.75 Å². The van der Waals surface area contributed by atoms with E-state index in [1.807, 2.05) is 30.1 Å². The second kappa shape index (κ2) is 5.65. The van der Waals surface area contributed by atoms with Crippen molar-refractivity contribution in [2.45, 2.75) is 43.5 Å². The van der Waals surface area contributed by atoms with Crippen LogP contribution < -0.4 is 4.74 Å². The van der Waals surface area contributed by atoms with Crippen molar-refractivity contribution in [2.24, 2.45) is 0 Å². The van der Waals surface area contributed by atoms with Gasteiger partial charge in [0.25, 0.3) is 5.91 Å². The molecule has 4 heteroatoms. The SMILES string of the molecule is CN(C(=O)c1ccc2c(c1)CCO2)C1CCCCC1Cl. The Labute approximate surface area is 124 Å². The molecule has 1 aromatic rings. The van der Waals surface area contributed by atoms with E-state index in [4.69, 9.17) is 16.3 Å². The highest BCUT2D eigenvalue weighted by molar-refractivity contribution is 6.21. The second-order valence-corrected chi connectivity index (χ2v) is 6.27. The van der Waals surface area contributed by atoms with E-state index in [1.165, 1.54) is 6.42 Å². The molecule has 2 unspecified atom stereocenters. The van der Waals surface area contributed by atoms with Crippen LogP contribution in [0.5, 0.6) is 5.75 Å². The topological polar surface area (TPSA) is 29.5 Å². The number of benzene rings is 1. The summed E-state index contributed by atoms with van der Waals surface area (Å²) in [6.45, 7) is 0.717. The molecule has 3 rings (SSSR count). The number of halogens is 1. The Bertz CT molecular complexity index is 517. The fourth-order valence-corrected chi connectivity index (χ4v) is 3.63. The first-order valence-electron chi connectivity index (χ1n) is 7.34. The predicted octanol–water partition coefficient (Wildman–Crippen LogP) is 3.24. The third-order valence-corrected chi connectivity index (χ3v) is 4.91. The number of rotatable bonds is 2. The smallest absolute Gasteiger partial charge is 0.253 e. The lowest BCUT2D eigenvalue weighted by atomic mass is 9.93. The Morgan fingerprint density at radius 3 is 2.95 bits per heavy atom. The molecule has 108 valence electrons. The standard InChI is InChI=1S/C16H20ClNO2/c1-18(14-5-3-2-4-13(14)17)16(19)12-6-7-15-11(10-12)8-9-20-15/h6-7,10,13-14H,2-5,8-9H2,1H3. The maximum absolute atomic E-state index is 12.6. The van der Waals surface area contributed by atoms with Gasteiger partial charge in [-0.3, -0.25) is 4.79 Å². The van der Waals surface area contributed by atoms with Gasteiger partial charge in [-0.1, -0.05) is 12.8 Å². The van der Waals surface area contributed by atoms with E-state index >= 15 is 0 Å². The van der Waals surface area contributed by atoms with Gasteiger partial charge in [-0.05, 0) is 36.6 Å². The first kappa shape index (κ1) is 13.7. The summed E-state index contributed by atoms with van der Waals surface area (Å²) in [5, 5.41) is 0.0791. The van der Waals surface area contributed by atoms with Crippen LogP contribution in [0.1, 0.15) is 41.6 Å². The minimum Gasteiger partial charge on any atom is -0.493 e. The van der Waals surface area contributed by atoms with E-state index in [2.05, 4.69) is 0 Å². The van der Waals surface area contributed by atoms with E-state index in [0.29, 0.717) is 0 Å². The van der Waals surface area contributed by atoms with Crippen LogP contribution in [-0.4, -0.2) is 35.9 Å². The lowest BCUT2D eigenvalue weighted by molar-refractivity contribution is 0.0700. The summed E-state index contributed by atoms with van der Waals surface area (Å²) in [5.74, 6) is 0.981. The van der Waals surface area contributed by atoms with Crippen molar-refractivity contribution < 1.29 is 9.53 Å². The number of ether oxygens (including phenoxy) is 1. The Kier molecular flexibility index (Phi) is 3.88. The molecule has 1 aliphatic heterocycles. The van der Waals surface area contributed by atoms with Gasteiger partial charge < -0.3 is 9.64 Å². The van der Waals surface area contributed by atoms with Gasteiger partial charge >= 0.3 is 0 Å². The highest BCUT2D eigenvalue weighted by Gasteiger charge is 2.30. The van der Waals surface area contributed by atoms with Crippen LogP contribution in [-0.2, 0) is 6.42 Å². The normalized spacial score (nSPS) is 24.9. The lowest BCUT2D eigenvalue weighted by Gasteiger charge is -2.35. The van der Waals surface area contributed by atoms with Crippen LogP contribution in [0, 0.1) is 0 Å². The molecule has 0 radical (unpaired) electrons. The Morgan fingerprint density at radius 1 is 1.35 bits per heavy atom. The molecule has 0 spiro atoms. The van der Waals surface area contributed by atoms with Crippen LogP contribution in [0.25, 0.3) is 0 Å². The summed E-state index contributed by atoms with van der Waals surface area (Å²) < 4.78 is 5.48. The quantitative estimate of drug-likeness (QED) is 0.784. The van der Waals surface area contributed by atoms with Crippen LogP contribution in [0.15, 0.2) is 18.2 Å². The predicted molar refractivity (Wildman–Crippen MR) is 79.6 cm³/mol. The van der Waals surface area contributed by atoms with Crippen molar-refractivity contribution in [3.63, 3.8) is 0 Å². The van der Waals surface area contributed by atoms with Crippen molar-refractivity contribution >= 4 is 17.5 Å². The zero-order valence-electron chi connectivity index (χ0n) is 11.8. The first-order chi connectivity index (χ1) is 9.66. The van der Waals surface area contributed by atoms with Crippen molar-refractivity contribution in [1.82, 2.24) is 4.90 Å². The molecule has 1 heterocycles. The molecule has 2 aliphatic rings. The van der Waals surface area contributed by atoms with E-state index in [-0.39, 0.29) is 17.3 Å². The maximum atomic E-state index is 12.6. The molecule has 1 aromatic carbocycles. The molecule has 1 aliphatic carbocycles. The third-order valence-electron chi connectivity index (χ3n) is 4.40. The number of hydrogen-bond donors (Lipinski definition) is 0. The molecular weight excluding hydrogens is 274 g/mol. The average molecular weight is 294 g/mol. The minimum absolute atomic E-state index is 0.0669. The third kappa shape index (κ3) is 2.51. The fourth-order valence-electron chi connectivity index (χ4n) is 3.18. The van der Waals surface area contributed by atoms with E-state index in [9.17, 15) is 4.79 Å². The number of hydrogen-bond acceptors (Lipinski definition) is 2. The maximum Gasteiger partial charge on any atom is 0.253 e. The number of carbonyl (C=O) groups is 1. The molecule has 0 bridgehead atoms. The molecular formula is C16H20ClNO2. The molecule has 0 aromatic heterocycles. The summed E-state index contributed by atoms with van der Waals surface area (Å²) in [6, 6.07) is 5.88. The Balaban J connectivity index is 1.77. The molecule has 0 N–H and O–H groups in total. The lowest BCUT2D eigenvalue weighted by Crippen LogP contribution is -2.44. The van der Waals surface area contributed by atoms with Crippen molar-refractivity contribution in [1.29, 1.82) is 0 Å². The van der Waals surface area contributed by atoms with E-state index in [0.717, 1.165) is 49.2 Å². The van der Waals surface area contributed by atoms with Gasteiger partial charge in [0.05, 0.1) is 12.0 Å². The minimum atomic E-state index is 0.0669. The largest absolute Gasteiger partial charge is 0.493 e. The first-order valence-corrected chi connectivity index (χ1v) is 7.77. The number of amides is 1. The molecule has 1 saturated carbocycles. The Morgan fingerprint density at radius 2 is 2.15 bits per heavy atom. The average Bonchev–Trinajstić information content (AvgIpc) is 2.93. The summed E-state index contributed by atoms with van der Waals surface area (Å²) in [6.07, 6.45) is 5.22. The van der Waals surface area contributed by atoms with Gasteiger partial charge in [0.15, 0.2) is 0 Å². The number of alkyl halides is 1. The Hall–Kier alpha value is -1.22. The zero-order valence-corrected chi connectivity index (χ0v) is 12.5. The van der Waals surface area contributed by atoms with Gasteiger partial charge in [-0.2, -0.15) is 0 Å². The van der Waals surface area contributed by atoms with Crippen LogP contribution >= 0.6 is 11.6 Å². The van der Waals surface area contributed by atoms with Crippen molar-refractivity contribution in [2.75, 3.05) is 13.7 Å². The number of nitrogens with zero attached hydrogens (tertiary/aromatic N) is 1. The van der Waals surface area contributed by atoms with Crippen molar-refractivity contribution in [3.05, 3.63) is 29.3 Å². The van der Waals surface area contributed by atoms with Gasteiger partial charge in [0.2, 0.25) is 0 Å². The molecule has 1 fully saturated rings. The molecule has 2 atom stereocenters. The van der Waals surface area contributed by atoms with Gasteiger partial charge in [0.1, 0.15) is 5.75 Å². The van der Waals surface area contributed by atoms with Crippen LogP contribution in [0.2, 0.25) is 0 Å². The summed E-state index contributed by atoms with van der Waals surface area (Å²) in [7, 11) is 1.87. The summed E-state index contributed by atoms with van der Waals surface area (Å²) in [4.78, 5) is 14.4. The number of fused-ring (bicyclic) bond motifs is 1. The van der Waals surface area contributed by atoms with E-state index < -0.39 is 0 Å². The van der Waals surface area contributed by atoms with Crippen LogP contribution in [0.4, 0.5) is 0 Å². The monoisotopic (exact) mass is 293 g/mol. The second-order valence-electron chi connectivity index (χ2n) is 5.70. The van der Waals surface area contributed by atoms with Gasteiger partial charge in [-0.25, -0.2) is 0 Å². The summed E-state index contributed by atoms with van der Waals surface area (Å²) >= 11 is 6.39.